The van der Waals surface area contributed by atoms with Crippen LogP contribution in [0.25, 0.3) is 0 Å². The van der Waals surface area contributed by atoms with Gasteiger partial charge in [0.1, 0.15) is 201 Å². The second-order valence-corrected chi connectivity index (χ2v) is 40.5. The van der Waals surface area contributed by atoms with Gasteiger partial charge in [-0.25, -0.2) is 4.79 Å². The van der Waals surface area contributed by atoms with Gasteiger partial charge in [-0.1, -0.05) is 167 Å². The van der Waals surface area contributed by atoms with Gasteiger partial charge in [0.2, 0.25) is 23.6 Å². The Morgan fingerprint density at radius 3 is 1.20 bits per heavy atom. The van der Waals surface area contributed by atoms with Crippen LogP contribution in [0.1, 0.15) is 222 Å². The molecule has 4 amide bonds. The molecule has 0 radical (unpaired) electrons. The SMILES string of the molecule is CCCCCCCCCCCCC/C=C/[C@@H](O)[C@H](CO[C@@H]1OC(CO)[C@@H](O[C@@H]2OC(CO[C@@H]3OC(CO)[C@@H](O[C@@H]4OC(CO)[C@H](O)[C@H](O)C4O)[C@H](O[C@H]4OC(C)[C@@H](O)C(O)[C@@H]4O)C3NC(C)=O)[C@H](O)[C@H](O[C@@H]3OC(CO)[C@@H](O[C@H]4OC(C)[C@@H](O)C(O)[C@@H]4O)[C@H](O[C@@H]4OC(CO)[C@H](O)[C@H](O[C@]5(C(=O)O)CC(O)[C@@H](NC(C)=O)C([C@H](O)[C@H](O)CO)O5)C4O)C3NC(C)=O)C2O)[C@H](O)C1O)NC(=O)CCCCCCCCCCCCCCC. The molecule has 53 heteroatoms. The molecule has 0 aliphatic carbocycles. The molecule has 872 valence electrons. The van der Waals surface area contributed by atoms with E-state index >= 15 is 0 Å². The highest BCUT2D eigenvalue weighted by Crippen LogP contribution is 2.44. The molecule has 0 aromatic heterocycles. The number of aliphatic carboxylic acids is 1. The number of allylic oxidation sites excluding steroid dienone is 1. The van der Waals surface area contributed by atoms with E-state index in [0.29, 0.717) is 12.8 Å². The Labute approximate surface area is 870 Å². The number of hydrogen-bond donors (Lipinski definition) is 30. The first-order valence-corrected chi connectivity index (χ1v) is 52.8. The third-order valence-corrected chi connectivity index (χ3v) is 28.8. The molecule has 30 N–H and O–H groups in total. The van der Waals surface area contributed by atoms with Crippen LogP contribution in [0, 0.1) is 0 Å². The summed E-state index contributed by atoms with van der Waals surface area (Å²) in [5.74, 6) is -9.08. The van der Waals surface area contributed by atoms with Gasteiger partial charge < -0.3 is 239 Å². The molecule has 9 heterocycles. The van der Waals surface area contributed by atoms with Gasteiger partial charge in [-0.2, -0.15) is 0 Å². The Kier molecular flexibility index (Phi) is 54.4. The van der Waals surface area contributed by atoms with Crippen LogP contribution in [-0.2, 0) is 109 Å². The van der Waals surface area contributed by atoms with Crippen molar-refractivity contribution in [1.82, 2.24) is 21.3 Å². The monoisotopic (exact) mass is 2180 g/mol. The highest BCUT2D eigenvalue weighted by atomic mass is 16.8. The number of unbranched alkanes of at least 4 members (excludes halogenated alkanes) is 23. The third kappa shape index (κ3) is 34.9. The molecule has 150 heavy (non-hydrogen) atoms. The summed E-state index contributed by atoms with van der Waals surface area (Å²) in [7, 11) is 0. The number of carboxylic acid groups (broad SMARTS) is 1. The maximum atomic E-state index is 14.1. The Hall–Kier alpha value is -4.63. The molecule has 9 rings (SSSR count). The molecule has 0 aromatic rings. The van der Waals surface area contributed by atoms with Crippen LogP contribution in [-0.4, -0.2) is 509 Å². The van der Waals surface area contributed by atoms with Crippen LogP contribution in [0.3, 0.4) is 0 Å². The second-order valence-electron chi connectivity index (χ2n) is 40.5. The van der Waals surface area contributed by atoms with Crippen LogP contribution in [0.2, 0.25) is 0 Å². The molecule has 9 aliphatic heterocycles. The molecule has 53 nitrogen and oxygen atoms in total. The van der Waals surface area contributed by atoms with Crippen molar-refractivity contribution in [2.24, 2.45) is 0 Å². The Morgan fingerprint density at radius 1 is 0.367 bits per heavy atom. The van der Waals surface area contributed by atoms with Crippen molar-refractivity contribution in [1.29, 1.82) is 0 Å². The van der Waals surface area contributed by atoms with Gasteiger partial charge in [-0.05, 0) is 33.1 Å². The molecule has 18 unspecified atom stereocenters. The summed E-state index contributed by atoms with van der Waals surface area (Å²) < 4.78 is 111. The van der Waals surface area contributed by atoms with E-state index < -0.39 is 383 Å². The van der Waals surface area contributed by atoms with E-state index in [-0.39, 0.29) is 6.42 Å². The first-order chi connectivity index (χ1) is 71.5. The van der Waals surface area contributed by atoms with Gasteiger partial charge in [0, 0.05) is 33.6 Å². The first-order valence-electron chi connectivity index (χ1n) is 52.8. The Bertz CT molecular complexity index is 3910. The third-order valence-electron chi connectivity index (χ3n) is 28.8. The van der Waals surface area contributed by atoms with Crippen molar-refractivity contribution in [3.8, 4) is 0 Å². The van der Waals surface area contributed by atoms with E-state index in [1.54, 1.807) is 6.08 Å². The van der Waals surface area contributed by atoms with Crippen molar-refractivity contribution in [3.63, 3.8) is 0 Å². The fourth-order valence-corrected chi connectivity index (χ4v) is 20.1. The zero-order chi connectivity index (χ0) is 110. The predicted molar refractivity (Wildman–Crippen MR) is 508 cm³/mol. The molecule has 48 atom stereocenters. The van der Waals surface area contributed by atoms with Gasteiger partial charge >= 0.3 is 5.97 Å². The van der Waals surface area contributed by atoms with Crippen molar-refractivity contribution < 1.29 is 242 Å². The number of ether oxygens (including phenoxy) is 18. The average Bonchev–Trinajstić information content (AvgIpc) is 0.749. The molecular weight excluding hydrogens is 2010 g/mol. The van der Waals surface area contributed by atoms with Crippen molar-refractivity contribution in [3.05, 3.63) is 12.2 Å². The summed E-state index contributed by atoms with van der Waals surface area (Å²) in [4.78, 5) is 67.9. The van der Waals surface area contributed by atoms with Gasteiger partial charge in [0.15, 0.2) is 50.3 Å². The van der Waals surface area contributed by atoms with Crippen LogP contribution >= 0.6 is 0 Å². The summed E-state index contributed by atoms with van der Waals surface area (Å²) in [5.41, 5.74) is 0. The van der Waals surface area contributed by atoms with Gasteiger partial charge in [0.05, 0.1) is 89.4 Å². The number of aliphatic hydroxyl groups excluding tert-OH is 25. The topological polar surface area (TPSA) is 826 Å². The van der Waals surface area contributed by atoms with Gasteiger partial charge in [-0.15, -0.1) is 0 Å². The standard InChI is InChI=1S/C97H170N4O49/c1-8-10-12-14-16-18-20-22-24-26-28-30-32-34-51(111)50(101-60(114)35-33-31-29-27-25-23-21-19-17-15-13-11-9-2)43-133-90-77(128)73(124)80(56(40-105)141-90)143-94-78(129)86(69(120)59(142-94)44-134-88-62(99-48(6)109)84(146-92-75(126)71(122)65(116)46(4)136-92)81(57(41-106)139-88)145-93-76(127)72(123)67(118)54(38-103)137-93)148-89-63(100-49(7)110)85(82(58(42-107)140-89)144-91-74(125)70(121)64(115)45(3)135-91)147-95-79(130)87(68(119)55(39-104)138-95)150-97(96(131)132)36-52(112)61(98-47(5)108)83(149-97)66(117)53(113)37-102/h32,34,45-46,50-59,61-95,102-107,111-113,115-130H,8-31,33,35-44H2,1-7H3,(H,98,108)(H,99,109)(H,100,110)(H,101,114)(H,131,132)/b34-32+/t45?,46?,50-,51+,52?,53+,54?,55?,56?,57?,58?,59?,61+,62?,63?,64+,65+,66+,67-,68-,69-,70?,71?,72-,73+,74-,75-,76?,77?,78?,79?,80+,81+,82+,83?,84+,85+,86-,87-,88+,89-,90+,91+,92+,93-,94-,95-,97-/m0/s1. The number of nitrogens with one attached hydrogen (secondary N) is 4. The quantitative estimate of drug-likeness (QED) is 0.0199. The van der Waals surface area contributed by atoms with E-state index in [9.17, 15) is 157 Å². The summed E-state index contributed by atoms with van der Waals surface area (Å²) in [5, 5.41) is 308. The van der Waals surface area contributed by atoms with Gasteiger partial charge in [-0.3, -0.25) is 19.2 Å². The molecule has 9 saturated heterocycles. The highest BCUT2D eigenvalue weighted by molar-refractivity contribution is 5.77. The maximum Gasteiger partial charge on any atom is 0.364 e. The fourth-order valence-electron chi connectivity index (χ4n) is 20.1. The molecular formula is C97H170N4O49. The second kappa shape index (κ2) is 63.4. The Balaban J connectivity index is 1.08. The normalized spacial score (nSPS) is 40.5. The zero-order valence-corrected chi connectivity index (χ0v) is 86.1. The van der Waals surface area contributed by atoms with Crippen LogP contribution in [0.4, 0.5) is 0 Å². The largest absolute Gasteiger partial charge is 0.477 e. The zero-order valence-electron chi connectivity index (χ0n) is 86.1. The van der Waals surface area contributed by atoms with E-state index in [1.165, 1.54) is 90.6 Å². The first kappa shape index (κ1) is 129. The number of rotatable bonds is 61. The summed E-state index contributed by atoms with van der Waals surface area (Å²) in [6.45, 7) is 0.479. The molecule has 0 spiro atoms. The molecule has 0 bridgehead atoms. The number of carbonyl (C=O) groups excluding carboxylic acids is 4. The lowest BCUT2D eigenvalue weighted by molar-refractivity contribution is -0.400. The lowest BCUT2D eigenvalue weighted by Gasteiger charge is -2.52. The van der Waals surface area contributed by atoms with Crippen molar-refractivity contribution in [2.75, 3.05) is 52.9 Å². The molecule has 0 saturated carbocycles. The van der Waals surface area contributed by atoms with Crippen molar-refractivity contribution >= 4 is 29.6 Å². The van der Waals surface area contributed by atoms with E-state index in [2.05, 4.69) is 35.1 Å². The number of hydrogen-bond acceptors (Lipinski definition) is 48. The average molecular weight is 2180 g/mol. The van der Waals surface area contributed by atoms with Gasteiger partial charge in [0.25, 0.3) is 5.79 Å². The van der Waals surface area contributed by atoms with Crippen molar-refractivity contribution in [2.45, 2.75) is 516 Å². The smallest absolute Gasteiger partial charge is 0.364 e. The maximum absolute atomic E-state index is 14.1. The summed E-state index contributed by atoms with van der Waals surface area (Å²) in [6.07, 6.45) is -64.1. The fraction of sp³-hybridized carbons (Fsp3) is 0.928. The molecule has 9 fully saturated rings. The molecule has 9 aliphatic rings. The minimum Gasteiger partial charge on any atom is -0.477 e. The molecule has 0 aromatic carbocycles. The number of amides is 4. The summed E-state index contributed by atoms with van der Waals surface area (Å²) >= 11 is 0. The summed E-state index contributed by atoms with van der Waals surface area (Å²) in [6, 6.07) is -7.29. The number of carbonyl (C=O) groups is 5. The van der Waals surface area contributed by atoms with E-state index in [1.807, 2.05) is 0 Å². The van der Waals surface area contributed by atoms with Crippen LogP contribution < -0.4 is 21.3 Å². The lowest BCUT2D eigenvalue weighted by atomic mass is 9.88. The van der Waals surface area contributed by atoms with E-state index in [0.717, 1.165) is 97.8 Å². The highest BCUT2D eigenvalue weighted by Gasteiger charge is 2.64. The predicted octanol–water partition coefficient (Wildman–Crippen LogP) is -8.33. The van der Waals surface area contributed by atoms with Crippen LogP contribution in [0.15, 0.2) is 12.2 Å². The Morgan fingerprint density at radius 2 is 0.733 bits per heavy atom. The van der Waals surface area contributed by atoms with E-state index in [4.69, 9.17) is 85.3 Å². The minimum absolute atomic E-state index is 0.0592. The van der Waals surface area contributed by atoms with Crippen LogP contribution in [0.5, 0.6) is 0 Å². The lowest BCUT2D eigenvalue weighted by Crippen LogP contribution is -2.72. The number of aliphatic hydroxyl groups is 25. The minimum atomic E-state index is -3.42. The number of carboxylic acids is 1.